The molecule has 1 heterocycles. The first-order chi connectivity index (χ1) is 14.5. The number of nitrogens with zero attached hydrogens (tertiary/aromatic N) is 1. The first-order valence-corrected chi connectivity index (χ1v) is 10.3. The molecule has 1 N–H and O–H groups in total. The van der Waals surface area contributed by atoms with Crippen molar-refractivity contribution in [2.75, 3.05) is 25.1 Å². The van der Waals surface area contributed by atoms with E-state index in [0.29, 0.717) is 48.2 Å². The first-order valence-electron chi connectivity index (χ1n) is 10.3. The molecule has 3 rings (SSSR count). The van der Waals surface area contributed by atoms with Crippen LogP contribution >= 0.6 is 0 Å². The number of carbonyl (C=O) groups excluding carboxylic acids is 2. The Morgan fingerprint density at radius 1 is 0.933 bits per heavy atom. The number of ether oxygens (including phenoxy) is 2. The summed E-state index contributed by atoms with van der Waals surface area (Å²) in [5.41, 5.74) is 1.91. The van der Waals surface area contributed by atoms with Crippen molar-refractivity contribution in [1.82, 2.24) is 4.90 Å². The maximum absolute atomic E-state index is 13.0. The van der Waals surface area contributed by atoms with Crippen molar-refractivity contribution in [2.24, 2.45) is 5.92 Å². The summed E-state index contributed by atoms with van der Waals surface area (Å²) >= 11 is 0. The number of para-hydroxylation sites is 2. The molecule has 2 aromatic rings. The summed E-state index contributed by atoms with van der Waals surface area (Å²) < 4.78 is 11.4. The normalized spacial score (nSPS) is 14.0. The van der Waals surface area contributed by atoms with Gasteiger partial charge in [0, 0.05) is 6.54 Å². The minimum Gasteiger partial charge on any atom is -0.493 e. The second kappa shape index (κ2) is 9.48. The lowest BCUT2D eigenvalue weighted by Crippen LogP contribution is -2.32. The van der Waals surface area contributed by atoms with Gasteiger partial charge in [-0.1, -0.05) is 38.1 Å². The van der Waals surface area contributed by atoms with E-state index in [1.807, 2.05) is 55.5 Å². The Morgan fingerprint density at radius 3 is 2.27 bits per heavy atom. The van der Waals surface area contributed by atoms with Gasteiger partial charge in [-0.15, -0.1) is 0 Å². The zero-order valence-electron chi connectivity index (χ0n) is 17.9. The molecule has 30 heavy (non-hydrogen) atoms. The van der Waals surface area contributed by atoms with Gasteiger partial charge >= 0.3 is 0 Å². The SMILES string of the molecule is CCOc1ccccc1NC1=C(c2ccc(OCC(C)C)cc2)C(=O)N(CC)C1=O. The van der Waals surface area contributed by atoms with Crippen molar-refractivity contribution in [2.45, 2.75) is 27.7 Å². The number of anilines is 1. The predicted molar refractivity (Wildman–Crippen MR) is 117 cm³/mol. The largest absolute Gasteiger partial charge is 0.493 e. The van der Waals surface area contributed by atoms with Gasteiger partial charge in [-0.2, -0.15) is 0 Å². The molecule has 0 spiro atoms. The fourth-order valence-corrected chi connectivity index (χ4v) is 3.21. The second-order valence-corrected chi connectivity index (χ2v) is 7.39. The summed E-state index contributed by atoms with van der Waals surface area (Å²) in [5, 5.41) is 3.15. The Labute approximate surface area is 177 Å². The first kappa shape index (κ1) is 21.4. The Balaban J connectivity index is 1.98. The molecule has 0 aromatic heterocycles. The zero-order valence-corrected chi connectivity index (χ0v) is 17.9. The van der Waals surface area contributed by atoms with E-state index in [2.05, 4.69) is 19.2 Å². The van der Waals surface area contributed by atoms with E-state index < -0.39 is 0 Å². The summed E-state index contributed by atoms with van der Waals surface area (Å²) in [6.07, 6.45) is 0. The van der Waals surface area contributed by atoms with Gasteiger partial charge in [-0.25, -0.2) is 0 Å². The third-order valence-electron chi connectivity index (χ3n) is 4.66. The third kappa shape index (κ3) is 4.48. The Kier molecular flexibility index (Phi) is 6.77. The van der Waals surface area contributed by atoms with Crippen molar-refractivity contribution in [3.8, 4) is 11.5 Å². The lowest BCUT2D eigenvalue weighted by Gasteiger charge is -2.14. The molecule has 0 saturated heterocycles. The molecular weight excluding hydrogens is 380 g/mol. The fraction of sp³-hybridized carbons (Fsp3) is 0.333. The number of benzene rings is 2. The number of nitrogens with one attached hydrogen (secondary N) is 1. The van der Waals surface area contributed by atoms with Crippen molar-refractivity contribution < 1.29 is 19.1 Å². The molecule has 0 unspecified atom stereocenters. The molecule has 0 fully saturated rings. The number of rotatable bonds is 9. The molecule has 6 nitrogen and oxygen atoms in total. The smallest absolute Gasteiger partial charge is 0.278 e. The van der Waals surface area contributed by atoms with Gasteiger partial charge in [0.2, 0.25) is 0 Å². The quantitative estimate of drug-likeness (QED) is 0.626. The Bertz CT molecular complexity index is 948. The lowest BCUT2D eigenvalue weighted by molar-refractivity contribution is -0.136. The molecular formula is C24H28N2O4. The summed E-state index contributed by atoms with van der Waals surface area (Å²) in [4.78, 5) is 27.2. The van der Waals surface area contributed by atoms with Crippen LogP contribution in [0.1, 0.15) is 33.3 Å². The van der Waals surface area contributed by atoms with Gasteiger partial charge < -0.3 is 14.8 Å². The molecule has 0 aliphatic carbocycles. The molecule has 0 saturated carbocycles. The monoisotopic (exact) mass is 408 g/mol. The van der Waals surface area contributed by atoms with Crippen LogP contribution in [0.2, 0.25) is 0 Å². The van der Waals surface area contributed by atoms with E-state index in [1.165, 1.54) is 4.90 Å². The lowest BCUT2D eigenvalue weighted by atomic mass is 10.0. The van der Waals surface area contributed by atoms with E-state index >= 15 is 0 Å². The fourth-order valence-electron chi connectivity index (χ4n) is 3.21. The highest BCUT2D eigenvalue weighted by Crippen LogP contribution is 2.33. The predicted octanol–water partition coefficient (Wildman–Crippen LogP) is 4.33. The minimum atomic E-state index is -0.344. The highest BCUT2D eigenvalue weighted by atomic mass is 16.5. The van der Waals surface area contributed by atoms with Gasteiger partial charge in [0.25, 0.3) is 11.8 Å². The van der Waals surface area contributed by atoms with Crippen LogP contribution in [0.3, 0.4) is 0 Å². The van der Waals surface area contributed by atoms with Crippen LogP contribution < -0.4 is 14.8 Å². The summed E-state index contributed by atoms with van der Waals surface area (Å²) in [5.74, 6) is 1.12. The number of hydrogen-bond acceptors (Lipinski definition) is 5. The second-order valence-electron chi connectivity index (χ2n) is 7.39. The third-order valence-corrected chi connectivity index (χ3v) is 4.66. The van der Waals surface area contributed by atoms with Crippen LogP contribution in [0.5, 0.6) is 11.5 Å². The van der Waals surface area contributed by atoms with E-state index in [9.17, 15) is 9.59 Å². The van der Waals surface area contributed by atoms with Crippen LogP contribution in [0, 0.1) is 5.92 Å². The van der Waals surface area contributed by atoms with Crippen LogP contribution in [0.4, 0.5) is 5.69 Å². The maximum atomic E-state index is 13.0. The van der Waals surface area contributed by atoms with Crippen molar-refractivity contribution >= 4 is 23.1 Å². The molecule has 0 atom stereocenters. The topological polar surface area (TPSA) is 67.9 Å². The molecule has 0 bridgehead atoms. The maximum Gasteiger partial charge on any atom is 0.278 e. The van der Waals surface area contributed by atoms with Gasteiger partial charge in [-0.05, 0) is 49.6 Å². The highest BCUT2D eigenvalue weighted by Gasteiger charge is 2.38. The van der Waals surface area contributed by atoms with Crippen LogP contribution in [0.15, 0.2) is 54.2 Å². The number of amides is 2. The minimum absolute atomic E-state index is 0.254. The zero-order chi connectivity index (χ0) is 21.7. The van der Waals surface area contributed by atoms with Gasteiger partial charge in [0.15, 0.2) is 0 Å². The van der Waals surface area contributed by atoms with E-state index in [4.69, 9.17) is 9.47 Å². The molecule has 2 amide bonds. The Hall–Kier alpha value is -3.28. The standard InChI is InChI=1S/C24H28N2O4/c1-5-26-23(27)21(17-11-13-18(14-12-17)30-15-16(3)4)22(24(26)28)25-19-9-7-8-10-20(19)29-6-2/h7-14,16,25H,5-6,15H2,1-4H3. The van der Waals surface area contributed by atoms with Gasteiger partial charge in [0.05, 0.1) is 24.5 Å². The number of carbonyl (C=O) groups is 2. The molecule has 1 aliphatic rings. The van der Waals surface area contributed by atoms with E-state index in [-0.39, 0.29) is 17.5 Å². The highest BCUT2D eigenvalue weighted by molar-refractivity contribution is 6.36. The average molecular weight is 408 g/mol. The van der Waals surface area contributed by atoms with Crippen LogP contribution in [-0.4, -0.2) is 36.5 Å². The van der Waals surface area contributed by atoms with E-state index in [1.54, 1.807) is 6.92 Å². The number of imide groups is 1. The molecule has 158 valence electrons. The van der Waals surface area contributed by atoms with Crippen LogP contribution in [-0.2, 0) is 9.59 Å². The van der Waals surface area contributed by atoms with Gasteiger partial charge in [-0.3, -0.25) is 14.5 Å². The molecule has 6 heteroatoms. The van der Waals surface area contributed by atoms with Crippen molar-refractivity contribution in [1.29, 1.82) is 0 Å². The molecule has 0 radical (unpaired) electrons. The summed E-state index contributed by atoms with van der Waals surface area (Å²) in [6.45, 7) is 9.26. The molecule has 2 aromatic carbocycles. The summed E-state index contributed by atoms with van der Waals surface area (Å²) in [7, 11) is 0. The Morgan fingerprint density at radius 2 is 1.63 bits per heavy atom. The molecule has 1 aliphatic heterocycles. The van der Waals surface area contributed by atoms with Crippen LogP contribution in [0.25, 0.3) is 5.57 Å². The summed E-state index contributed by atoms with van der Waals surface area (Å²) in [6, 6.07) is 14.6. The van der Waals surface area contributed by atoms with Gasteiger partial charge in [0.1, 0.15) is 17.2 Å². The average Bonchev–Trinajstić information content (AvgIpc) is 2.97. The van der Waals surface area contributed by atoms with Crippen molar-refractivity contribution in [3.05, 3.63) is 59.8 Å². The number of hydrogen-bond donors (Lipinski definition) is 1. The number of likely N-dealkylation sites (N-methyl/N-ethyl adjacent to an activating group) is 1. The van der Waals surface area contributed by atoms with E-state index in [0.717, 1.165) is 5.75 Å². The van der Waals surface area contributed by atoms with Crippen molar-refractivity contribution in [3.63, 3.8) is 0 Å².